The highest BCUT2D eigenvalue weighted by atomic mass is 16.2. The summed E-state index contributed by atoms with van der Waals surface area (Å²) in [6.45, 7) is 7.21. The highest BCUT2D eigenvalue weighted by Crippen LogP contribution is 2.38. The summed E-state index contributed by atoms with van der Waals surface area (Å²) in [5.74, 6) is 1.26. The van der Waals surface area contributed by atoms with Crippen LogP contribution in [-0.2, 0) is 4.79 Å². The number of rotatable bonds is 3. The zero-order chi connectivity index (χ0) is 13.5. The van der Waals surface area contributed by atoms with Crippen LogP contribution in [0.15, 0.2) is 0 Å². The van der Waals surface area contributed by atoms with Gasteiger partial charge >= 0.3 is 0 Å². The number of carbonyl (C=O) groups excluding carboxylic acids is 1. The van der Waals surface area contributed by atoms with E-state index in [4.69, 9.17) is 5.73 Å². The topological polar surface area (TPSA) is 49.6 Å². The molecule has 0 radical (unpaired) electrons. The van der Waals surface area contributed by atoms with E-state index in [9.17, 15) is 4.79 Å². The van der Waals surface area contributed by atoms with Gasteiger partial charge in [0.15, 0.2) is 0 Å². The van der Waals surface area contributed by atoms with E-state index in [0.29, 0.717) is 5.91 Å². The average Bonchev–Trinajstić information content (AvgIpc) is 3.16. The highest BCUT2D eigenvalue weighted by Gasteiger charge is 2.45. The third-order valence-corrected chi connectivity index (χ3v) is 5.39. The Hall–Kier alpha value is -0.610. The molecule has 2 aliphatic carbocycles. The lowest BCUT2D eigenvalue weighted by molar-refractivity contribution is -0.143. The fourth-order valence-corrected chi connectivity index (χ4v) is 3.62. The van der Waals surface area contributed by atoms with Crippen molar-refractivity contribution in [1.29, 1.82) is 0 Å². The fraction of sp³-hybridized carbons (Fsp3) is 0.933. The second-order valence-electron chi connectivity index (χ2n) is 6.95. The number of hydrogen-bond donors (Lipinski definition) is 1. The van der Waals surface area contributed by atoms with Crippen molar-refractivity contribution >= 4 is 5.91 Å². The van der Waals surface area contributed by atoms with Gasteiger partial charge in [-0.15, -0.1) is 0 Å². The molecule has 19 heavy (non-hydrogen) atoms. The molecule has 2 saturated carbocycles. The fourth-order valence-electron chi connectivity index (χ4n) is 3.62. The second-order valence-corrected chi connectivity index (χ2v) is 6.95. The van der Waals surface area contributed by atoms with Crippen molar-refractivity contribution in [3.05, 3.63) is 0 Å². The minimum Gasteiger partial charge on any atom is -0.340 e. The van der Waals surface area contributed by atoms with Crippen LogP contribution in [0.25, 0.3) is 0 Å². The van der Waals surface area contributed by atoms with Crippen LogP contribution in [0.5, 0.6) is 0 Å². The molecule has 4 nitrogen and oxygen atoms in total. The summed E-state index contributed by atoms with van der Waals surface area (Å²) >= 11 is 0. The lowest BCUT2D eigenvalue weighted by Gasteiger charge is -2.40. The third-order valence-electron chi connectivity index (χ3n) is 5.39. The van der Waals surface area contributed by atoms with Gasteiger partial charge in [-0.05, 0) is 38.5 Å². The lowest BCUT2D eigenvalue weighted by atomic mass is 9.83. The van der Waals surface area contributed by atoms with Crippen molar-refractivity contribution in [2.24, 2.45) is 17.1 Å². The van der Waals surface area contributed by atoms with Gasteiger partial charge in [0.1, 0.15) is 0 Å². The lowest BCUT2D eigenvalue weighted by Crippen LogP contribution is -2.55. The largest absolute Gasteiger partial charge is 0.340 e. The first kappa shape index (κ1) is 13.4. The van der Waals surface area contributed by atoms with Crippen molar-refractivity contribution in [1.82, 2.24) is 9.80 Å². The summed E-state index contributed by atoms with van der Waals surface area (Å²) in [6.07, 6.45) is 5.89. The highest BCUT2D eigenvalue weighted by molar-refractivity contribution is 5.83. The summed E-state index contributed by atoms with van der Waals surface area (Å²) in [7, 11) is 0. The molecule has 0 aromatic carbocycles. The molecule has 2 unspecified atom stereocenters. The molecular formula is C15H27N3O. The number of nitrogens with two attached hydrogens (primary N) is 1. The van der Waals surface area contributed by atoms with Crippen LogP contribution in [0, 0.1) is 11.3 Å². The number of nitrogens with zero attached hydrogens (tertiary/aromatic N) is 2. The van der Waals surface area contributed by atoms with Crippen molar-refractivity contribution < 1.29 is 4.79 Å². The molecule has 0 bridgehead atoms. The minimum absolute atomic E-state index is 0.0597. The summed E-state index contributed by atoms with van der Waals surface area (Å²) in [5, 5.41) is 0. The molecule has 1 aliphatic heterocycles. The maximum Gasteiger partial charge on any atom is 0.230 e. The summed E-state index contributed by atoms with van der Waals surface area (Å²) in [4.78, 5) is 17.3. The molecule has 0 spiro atoms. The Bertz CT molecular complexity index is 347. The maximum absolute atomic E-state index is 12.7. The summed E-state index contributed by atoms with van der Waals surface area (Å²) in [5.41, 5.74) is 5.87. The van der Waals surface area contributed by atoms with E-state index in [1.165, 1.54) is 19.4 Å². The predicted molar refractivity (Wildman–Crippen MR) is 75.7 cm³/mol. The standard InChI is InChI=1S/C15H27N3O/c1-15(6-2-3-13(15)16)14(19)18-9-7-17(8-10-18)11-12-4-5-12/h12-13H,2-11,16H2,1H3. The average molecular weight is 265 g/mol. The van der Waals surface area contributed by atoms with Crippen molar-refractivity contribution in [2.45, 2.75) is 45.1 Å². The SMILES string of the molecule is CC1(C(=O)N2CCN(CC3CC3)CC2)CCCC1N. The smallest absolute Gasteiger partial charge is 0.230 e. The Morgan fingerprint density at radius 1 is 1.21 bits per heavy atom. The van der Waals surface area contributed by atoms with Gasteiger partial charge < -0.3 is 10.6 Å². The first-order valence-corrected chi connectivity index (χ1v) is 7.87. The molecule has 0 aromatic heterocycles. The Labute approximate surface area is 116 Å². The maximum atomic E-state index is 12.7. The predicted octanol–water partition coefficient (Wildman–Crippen LogP) is 1.06. The first-order valence-electron chi connectivity index (χ1n) is 7.87. The van der Waals surface area contributed by atoms with E-state index in [1.54, 1.807) is 0 Å². The zero-order valence-corrected chi connectivity index (χ0v) is 12.1. The normalized spacial score (nSPS) is 36.7. The van der Waals surface area contributed by atoms with Gasteiger partial charge in [-0.25, -0.2) is 0 Å². The number of piperazine rings is 1. The van der Waals surface area contributed by atoms with E-state index in [1.807, 2.05) is 0 Å². The molecule has 4 heteroatoms. The molecule has 3 aliphatic rings. The Kier molecular flexibility index (Phi) is 3.56. The van der Waals surface area contributed by atoms with E-state index in [2.05, 4.69) is 16.7 Å². The molecule has 3 fully saturated rings. The van der Waals surface area contributed by atoms with Crippen LogP contribution in [-0.4, -0.2) is 54.5 Å². The number of amides is 1. The van der Waals surface area contributed by atoms with Gasteiger partial charge in [0.05, 0.1) is 5.41 Å². The van der Waals surface area contributed by atoms with Gasteiger partial charge in [-0.2, -0.15) is 0 Å². The van der Waals surface area contributed by atoms with Crippen molar-refractivity contribution in [3.8, 4) is 0 Å². The van der Waals surface area contributed by atoms with Crippen LogP contribution >= 0.6 is 0 Å². The van der Waals surface area contributed by atoms with Gasteiger partial charge in [0.2, 0.25) is 5.91 Å². The third kappa shape index (κ3) is 2.65. The number of hydrogen-bond acceptors (Lipinski definition) is 3. The van der Waals surface area contributed by atoms with Crippen molar-refractivity contribution in [2.75, 3.05) is 32.7 Å². The van der Waals surface area contributed by atoms with Crippen LogP contribution in [0.3, 0.4) is 0 Å². The van der Waals surface area contributed by atoms with Crippen LogP contribution in [0.1, 0.15) is 39.0 Å². The summed E-state index contributed by atoms with van der Waals surface area (Å²) in [6, 6.07) is 0.0597. The van der Waals surface area contributed by atoms with E-state index < -0.39 is 0 Å². The Morgan fingerprint density at radius 3 is 2.42 bits per heavy atom. The molecule has 1 heterocycles. The quantitative estimate of drug-likeness (QED) is 0.830. The van der Waals surface area contributed by atoms with Crippen molar-refractivity contribution in [3.63, 3.8) is 0 Å². The summed E-state index contributed by atoms with van der Waals surface area (Å²) < 4.78 is 0. The molecule has 108 valence electrons. The second kappa shape index (κ2) is 5.06. The minimum atomic E-state index is -0.293. The molecule has 2 N–H and O–H groups in total. The monoisotopic (exact) mass is 265 g/mol. The molecule has 1 saturated heterocycles. The molecule has 0 aromatic rings. The van der Waals surface area contributed by atoms with E-state index >= 15 is 0 Å². The molecule has 2 atom stereocenters. The molecular weight excluding hydrogens is 238 g/mol. The van der Waals surface area contributed by atoms with Gasteiger partial charge in [0, 0.05) is 38.8 Å². The first-order chi connectivity index (χ1) is 9.09. The molecule has 3 rings (SSSR count). The zero-order valence-electron chi connectivity index (χ0n) is 12.1. The van der Waals surface area contributed by atoms with Crippen LogP contribution in [0.2, 0.25) is 0 Å². The van der Waals surface area contributed by atoms with Gasteiger partial charge in [-0.3, -0.25) is 9.69 Å². The number of carbonyl (C=O) groups is 1. The Morgan fingerprint density at radius 2 is 1.89 bits per heavy atom. The van der Waals surface area contributed by atoms with Gasteiger partial charge in [-0.1, -0.05) is 6.42 Å². The Balaban J connectivity index is 1.54. The van der Waals surface area contributed by atoms with E-state index in [0.717, 1.165) is 51.4 Å². The van der Waals surface area contributed by atoms with Crippen LogP contribution in [0.4, 0.5) is 0 Å². The molecule has 1 amide bonds. The van der Waals surface area contributed by atoms with Crippen LogP contribution < -0.4 is 5.73 Å². The van der Waals surface area contributed by atoms with E-state index in [-0.39, 0.29) is 11.5 Å². The van der Waals surface area contributed by atoms with Gasteiger partial charge in [0.25, 0.3) is 0 Å².